The quantitative estimate of drug-likeness (QED) is 0.697. The molecule has 4 heteroatoms. The first-order valence-electron chi connectivity index (χ1n) is 6.48. The summed E-state index contributed by atoms with van der Waals surface area (Å²) in [6.45, 7) is 2.06. The Morgan fingerprint density at radius 2 is 1.95 bits per heavy atom. The molecule has 0 bridgehead atoms. The molecule has 0 aliphatic heterocycles. The highest BCUT2D eigenvalue weighted by Gasteiger charge is 2.06. The fourth-order valence-electron chi connectivity index (χ4n) is 2.22. The van der Waals surface area contributed by atoms with Gasteiger partial charge < -0.3 is 11.1 Å². The summed E-state index contributed by atoms with van der Waals surface area (Å²) in [6, 6.07) is 11.9. The maximum absolute atomic E-state index is 5.88. The summed E-state index contributed by atoms with van der Waals surface area (Å²) in [5.74, 6) is 0.812. The van der Waals surface area contributed by atoms with E-state index in [4.69, 9.17) is 10.7 Å². The molecular weight excluding hydrogens is 248 g/mol. The van der Waals surface area contributed by atoms with Crippen molar-refractivity contribution in [1.29, 1.82) is 0 Å². The Kier molecular flexibility index (Phi) is 2.99. The topological polar surface area (TPSA) is 63.8 Å². The van der Waals surface area contributed by atoms with Crippen molar-refractivity contribution >= 4 is 22.4 Å². The Morgan fingerprint density at radius 1 is 1.10 bits per heavy atom. The van der Waals surface area contributed by atoms with Crippen molar-refractivity contribution < 1.29 is 0 Å². The van der Waals surface area contributed by atoms with Gasteiger partial charge in [0.1, 0.15) is 5.82 Å². The van der Waals surface area contributed by atoms with Crippen LogP contribution in [0.2, 0.25) is 0 Å². The van der Waals surface area contributed by atoms with Crippen LogP contribution in [0.4, 0.5) is 11.5 Å². The van der Waals surface area contributed by atoms with Gasteiger partial charge in [0.25, 0.3) is 0 Å². The maximum atomic E-state index is 5.88. The largest absolute Gasteiger partial charge is 0.399 e. The molecular formula is C16H16N4. The molecule has 0 spiro atoms. The van der Waals surface area contributed by atoms with E-state index < -0.39 is 0 Å². The van der Waals surface area contributed by atoms with Gasteiger partial charge in [0, 0.05) is 35.9 Å². The molecule has 100 valence electrons. The second kappa shape index (κ2) is 4.81. The van der Waals surface area contributed by atoms with E-state index in [9.17, 15) is 0 Å². The monoisotopic (exact) mass is 264 g/mol. The lowest BCUT2D eigenvalue weighted by molar-refractivity contribution is 1.29. The lowest BCUT2D eigenvalue weighted by Gasteiger charge is -2.08. The number of nitrogens with zero attached hydrogens (tertiary/aromatic N) is 2. The number of rotatable bonds is 2. The van der Waals surface area contributed by atoms with Crippen molar-refractivity contribution in [2.75, 3.05) is 18.1 Å². The average Bonchev–Trinajstić information content (AvgIpc) is 2.48. The summed E-state index contributed by atoms with van der Waals surface area (Å²) in [5, 5.41) is 4.05. The second-order valence-corrected chi connectivity index (χ2v) is 4.78. The minimum Gasteiger partial charge on any atom is -0.399 e. The molecule has 20 heavy (non-hydrogen) atoms. The van der Waals surface area contributed by atoms with Gasteiger partial charge in [0.15, 0.2) is 0 Å². The van der Waals surface area contributed by atoms with Crippen molar-refractivity contribution in [3.05, 3.63) is 48.2 Å². The first kappa shape index (κ1) is 12.4. The van der Waals surface area contributed by atoms with Crippen LogP contribution < -0.4 is 11.1 Å². The molecule has 3 rings (SSSR count). The third-order valence-electron chi connectivity index (χ3n) is 3.37. The van der Waals surface area contributed by atoms with E-state index in [2.05, 4.69) is 17.2 Å². The number of nitrogen functional groups attached to an aromatic ring is 1. The maximum Gasteiger partial charge on any atom is 0.127 e. The van der Waals surface area contributed by atoms with Gasteiger partial charge >= 0.3 is 0 Å². The van der Waals surface area contributed by atoms with Gasteiger partial charge in [-0.05, 0) is 36.8 Å². The Bertz CT molecular complexity index is 781. The van der Waals surface area contributed by atoms with E-state index in [0.29, 0.717) is 0 Å². The lowest BCUT2D eigenvalue weighted by Crippen LogP contribution is -1.94. The van der Waals surface area contributed by atoms with Crippen molar-refractivity contribution in [3.8, 4) is 11.3 Å². The Labute approximate surface area is 117 Å². The average molecular weight is 264 g/mol. The number of benzene rings is 1. The highest BCUT2D eigenvalue weighted by Crippen LogP contribution is 2.26. The Hall–Kier alpha value is -2.62. The number of nitrogens with two attached hydrogens (primary N) is 1. The molecule has 1 aromatic carbocycles. The van der Waals surface area contributed by atoms with Crippen LogP contribution in [0.1, 0.15) is 5.56 Å². The molecule has 2 aromatic heterocycles. The molecule has 0 aliphatic carbocycles. The first-order chi connectivity index (χ1) is 9.67. The van der Waals surface area contributed by atoms with E-state index in [1.165, 1.54) is 0 Å². The van der Waals surface area contributed by atoms with Gasteiger partial charge in [-0.2, -0.15) is 0 Å². The molecule has 0 atom stereocenters. The molecule has 0 aliphatic rings. The summed E-state index contributed by atoms with van der Waals surface area (Å²) < 4.78 is 0. The standard InChI is InChI=1S/C16H16N4/c1-10-3-5-12(17)7-13(10)14-6-4-11-9-19-16(18-2)8-15(11)20-14/h3-9H,17H2,1-2H3,(H,18,19). The van der Waals surface area contributed by atoms with Crippen LogP contribution in [0.5, 0.6) is 0 Å². The van der Waals surface area contributed by atoms with Crippen LogP contribution in [0.25, 0.3) is 22.2 Å². The zero-order chi connectivity index (χ0) is 14.1. The highest BCUT2D eigenvalue weighted by molar-refractivity contribution is 5.83. The van der Waals surface area contributed by atoms with E-state index >= 15 is 0 Å². The zero-order valence-corrected chi connectivity index (χ0v) is 11.5. The van der Waals surface area contributed by atoms with Gasteiger partial charge in [0.05, 0.1) is 11.2 Å². The number of pyridine rings is 2. The number of hydrogen-bond donors (Lipinski definition) is 2. The smallest absolute Gasteiger partial charge is 0.127 e. The molecule has 3 aromatic rings. The summed E-state index contributed by atoms with van der Waals surface area (Å²) in [6.07, 6.45) is 1.82. The van der Waals surface area contributed by atoms with Crippen molar-refractivity contribution in [1.82, 2.24) is 9.97 Å². The van der Waals surface area contributed by atoms with Crippen LogP contribution in [0, 0.1) is 6.92 Å². The number of nitrogens with one attached hydrogen (secondary N) is 1. The van der Waals surface area contributed by atoms with Crippen LogP contribution in [-0.2, 0) is 0 Å². The number of aromatic nitrogens is 2. The van der Waals surface area contributed by atoms with Crippen molar-refractivity contribution in [2.24, 2.45) is 0 Å². The predicted molar refractivity (Wildman–Crippen MR) is 83.7 cm³/mol. The SMILES string of the molecule is CNc1cc2nc(-c3cc(N)ccc3C)ccc2cn1. The molecule has 2 heterocycles. The molecule has 0 saturated heterocycles. The predicted octanol–water partition coefficient (Wildman–Crippen LogP) is 3.23. The molecule has 4 nitrogen and oxygen atoms in total. The summed E-state index contributed by atoms with van der Waals surface area (Å²) in [7, 11) is 1.85. The summed E-state index contributed by atoms with van der Waals surface area (Å²) in [4.78, 5) is 9.01. The van der Waals surface area contributed by atoms with Crippen molar-refractivity contribution in [2.45, 2.75) is 6.92 Å². The molecule has 0 radical (unpaired) electrons. The minimum atomic E-state index is 0.748. The number of aryl methyl sites for hydroxylation is 1. The normalized spacial score (nSPS) is 10.7. The fourth-order valence-corrected chi connectivity index (χ4v) is 2.22. The van der Waals surface area contributed by atoms with Gasteiger partial charge in [-0.1, -0.05) is 6.07 Å². The van der Waals surface area contributed by atoms with E-state index in [1.54, 1.807) is 0 Å². The Balaban J connectivity index is 2.19. The third-order valence-corrected chi connectivity index (χ3v) is 3.37. The van der Waals surface area contributed by atoms with Gasteiger partial charge in [-0.25, -0.2) is 9.97 Å². The first-order valence-corrected chi connectivity index (χ1v) is 6.48. The van der Waals surface area contributed by atoms with Gasteiger partial charge in [-0.15, -0.1) is 0 Å². The molecule has 0 amide bonds. The van der Waals surface area contributed by atoms with Gasteiger partial charge in [0.2, 0.25) is 0 Å². The highest BCUT2D eigenvalue weighted by atomic mass is 15.0. The second-order valence-electron chi connectivity index (χ2n) is 4.78. The summed E-state index contributed by atoms with van der Waals surface area (Å²) in [5.41, 5.74) is 10.7. The van der Waals surface area contributed by atoms with E-state index in [1.807, 2.05) is 49.6 Å². The van der Waals surface area contributed by atoms with Crippen LogP contribution >= 0.6 is 0 Å². The number of fused-ring (bicyclic) bond motifs is 1. The van der Waals surface area contributed by atoms with E-state index in [-0.39, 0.29) is 0 Å². The van der Waals surface area contributed by atoms with Crippen LogP contribution in [0.3, 0.4) is 0 Å². The number of hydrogen-bond acceptors (Lipinski definition) is 4. The molecule has 0 saturated carbocycles. The number of anilines is 2. The van der Waals surface area contributed by atoms with Gasteiger partial charge in [-0.3, -0.25) is 0 Å². The lowest BCUT2D eigenvalue weighted by atomic mass is 10.0. The van der Waals surface area contributed by atoms with Crippen molar-refractivity contribution in [3.63, 3.8) is 0 Å². The Morgan fingerprint density at radius 3 is 2.75 bits per heavy atom. The van der Waals surface area contributed by atoms with Crippen LogP contribution in [0.15, 0.2) is 42.6 Å². The van der Waals surface area contributed by atoms with E-state index in [0.717, 1.165) is 39.2 Å². The third kappa shape index (κ3) is 2.16. The summed E-state index contributed by atoms with van der Waals surface area (Å²) >= 11 is 0. The molecule has 3 N–H and O–H groups in total. The molecule has 0 unspecified atom stereocenters. The zero-order valence-electron chi connectivity index (χ0n) is 11.5. The molecule has 0 fully saturated rings. The fraction of sp³-hybridized carbons (Fsp3) is 0.125. The van der Waals surface area contributed by atoms with Crippen LogP contribution in [-0.4, -0.2) is 17.0 Å². The minimum absolute atomic E-state index is 0.748.